The topological polar surface area (TPSA) is 37.3 Å². The summed E-state index contributed by atoms with van der Waals surface area (Å²) in [6.07, 6.45) is 5.07. The Bertz CT molecular complexity index is 507. The van der Waals surface area contributed by atoms with Crippen LogP contribution in [0.1, 0.15) is 46.0 Å². The zero-order valence-electron chi connectivity index (χ0n) is 14.5. The molecule has 0 fully saturated rings. The van der Waals surface area contributed by atoms with Gasteiger partial charge in [-0.3, -0.25) is 4.79 Å². The smallest absolute Gasteiger partial charge is 0.313 e. The standard InChI is InChI=1S/C19H30O2Si/c1-6-7-8-12-15-19(3,18(20)21)16(2)22(4,5)17-13-10-9-11-14-17/h9-11,13-14H,2,6-8,12,15H2,1,3-5H3,(H,20,21). The number of carboxylic acid groups (broad SMARTS) is 1. The molecule has 0 spiro atoms. The van der Waals surface area contributed by atoms with E-state index in [1.54, 1.807) is 0 Å². The minimum Gasteiger partial charge on any atom is -0.481 e. The van der Waals surface area contributed by atoms with E-state index in [-0.39, 0.29) is 0 Å². The summed E-state index contributed by atoms with van der Waals surface area (Å²) in [5.41, 5.74) is -0.820. The van der Waals surface area contributed by atoms with E-state index in [4.69, 9.17) is 0 Å². The van der Waals surface area contributed by atoms with E-state index in [0.29, 0.717) is 6.42 Å². The van der Waals surface area contributed by atoms with Crippen LogP contribution in [0.5, 0.6) is 0 Å². The zero-order valence-corrected chi connectivity index (χ0v) is 15.5. The fraction of sp³-hybridized carbons (Fsp3) is 0.526. The monoisotopic (exact) mass is 318 g/mol. The molecule has 0 bridgehead atoms. The molecule has 0 saturated carbocycles. The second-order valence-corrected chi connectivity index (χ2v) is 11.3. The van der Waals surface area contributed by atoms with Gasteiger partial charge >= 0.3 is 5.97 Å². The molecule has 1 unspecified atom stereocenters. The maximum absolute atomic E-state index is 12.0. The maximum Gasteiger partial charge on any atom is 0.313 e. The first kappa shape index (κ1) is 18.7. The molecular weight excluding hydrogens is 288 g/mol. The van der Waals surface area contributed by atoms with Crippen molar-refractivity contribution in [3.8, 4) is 0 Å². The average Bonchev–Trinajstić information content (AvgIpc) is 2.51. The van der Waals surface area contributed by atoms with Gasteiger partial charge in [0, 0.05) is 0 Å². The maximum atomic E-state index is 12.0. The van der Waals surface area contributed by atoms with Crippen molar-refractivity contribution in [2.24, 2.45) is 5.41 Å². The summed E-state index contributed by atoms with van der Waals surface area (Å²) in [4.78, 5) is 12.0. The second-order valence-electron chi connectivity index (χ2n) is 6.92. The zero-order chi connectivity index (χ0) is 16.8. The molecule has 0 heterocycles. The van der Waals surface area contributed by atoms with Crippen LogP contribution in [0.15, 0.2) is 42.1 Å². The normalized spacial score (nSPS) is 14.4. The Kier molecular flexibility index (Phi) is 6.60. The van der Waals surface area contributed by atoms with Crippen LogP contribution in [0.25, 0.3) is 0 Å². The largest absolute Gasteiger partial charge is 0.481 e. The summed E-state index contributed by atoms with van der Waals surface area (Å²) < 4.78 is 0. The number of benzene rings is 1. The number of aliphatic carboxylic acids is 1. The van der Waals surface area contributed by atoms with Crippen LogP contribution < -0.4 is 5.19 Å². The van der Waals surface area contributed by atoms with Gasteiger partial charge in [-0.1, -0.05) is 86.4 Å². The lowest BCUT2D eigenvalue weighted by Gasteiger charge is -2.37. The fourth-order valence-electron chi connectivity index (χ4n) is 3.01. The lowest BCUT2D eigenvalue weighted by atomic mass is 9.84. The summed E-state index contributed by atoms with van der Waals surface area (Å²) in [7, 11) is -2.02. The molecule has 0 aliphatic carbocycles. The predicted octanol–water partition coefficient (Wildman–Crippen LogP) is 4.76. The fourth-order valence-corrected chi connectivity index (χ4v) is 6.00. The van der Waals surface area contributed by atoms with Gasteiger partial charge in [0.1, 0.15) is 8.07 Å². The molecule has 0 aromatic heterocycles. The van der Waals surface area contributed by atoms with Crippen molar-refractivity contribution in [2.45, 2.75) is 59.0 Å². The number of rotatable bonds is 9. The van der Waals surface area contributed by atoms with E-state index in [9.17, 15) is 9.90 Å². The first-order valence-electron chi connectivity index (χ1n) is 8.25. The molecule has 0 saturated heterocycles. The Labute approximate surface area is 136 Å². The van der Waals surface area contributed by atoms with E-state index in [1.165, 1.54) is 11.6 Å². The van der Waals surface area contributed by atoms with Crippen molar-refractivity contribution in [3.63, 3.8) is 0 Å². The number of carboxylic acids is 1. The minimum absolute atomic E-state index is 0.685. The highest BCUT2D eigenvalue weighted by Crippen LogP contribution is 2.37. The lowest BCUT2D eigenvalue weighted by molar-refractivity contribution is -0.145. The van der Waals surface area contributed by atoms with E-state index in [0.717, 1.165) is 24.5 Å². The van der Waals surface area contributed by atoms with Crippen LogP contribution in [0.3, 0.4) is 0 Å². The molecule has 1 aromatic rings. The number of hydrogen-bond donors (Lipinski definition) is 1. The highest BCUT2D eigenvalue weighted by molar-refractivity contribution is 6.96. The van der Waals surface area contributed by atoms with Gasteiger partial charge in [-0.2, -0.15) is 0 Å². The molecule has 2 nitrogen and oxygen atoms in total. The van der Waals surface area contributed by atoms with E-state index >= 15 is 0 Å². The van der Waals surface area contributed by atoms with Crippen LogP contribution >= 0.6 is 0 Å². The molecular formula is C19H30O2Si. The summed E-state index contributed by atoms with van der Waals surface area (Å²) in [6.45, 7) is 12.7. The second kappa shape index (κ2) is 7.77. The first-order valence-corrected chi connectivity index (χ1v) is 11.3. The van der Waals surface area contributed by atoms with Crippen LogP contribution in [-0.4, -0.2) is 19.1 Å². The molecule has 1 rings (SSSR count). The van der Waals surface area contributed by atoms with Crippen molar-refractivity contribution >= 4 is 19.2 Å². The van der Waals surface area contributed by atoms with Crippen molar-refractivity contribution in [1.82, 2.24) is 0 Å². The van der Waals surface area contributed by atoms with Gasteiger partial charge in [-0.05, 0) is 13.3 Å². The van der Waals surface area contributed by atoms with Gasteiger partial charge < -0.3 is 5.11 Å². The highest BCUT2D eigenvalue weighted by Gasteiger charge is 2.43. The van der Waals surface area contributed by atoms with Gasteiger partial charge in [0.25, 0.3) is 0 Å². The number of unbranched alkanes of at least 4 members (excludes halogenated alkanes) is 3. The van der Waals surface area contributed by atoms with Crippen molar-refractivity contribution in [3.05, 3.63) is 42.1 Å². The highest BCUT2D eigenvalue weighted by atomic mass is 28.3. The summed E-state index contributed by atoms with van der Waals surface area (Å²) >= 11 is 0. The van der Waals surface area contributed by atoms with Gasteiger partial charge in [0.2, 0.25) is 0 Å². The van der Waals surface area contributed by atoms with Gasteiger partial charge in [0.15, 0.2) is 0 Å². The Balaban J connectivity index is 2.99. The van der Waals surface area contributed by atoms with Crippen molar-refractivity contribution in [1.29, 1.82) is 0 Å². The number of carbonyl (C=O) groups is 1. The summed E-state index contributed by atoms with van der Waals surface area (Å²) in [6, 6.07) is 10.3. The van der Waals surface area contributed by atoms with E-state index in [2.05, 4.69) is 38.7 Å². The third-order valence-corrected chi connectivity index (χ3v) is 8.76. The third kappa shape index (κ3) is 4.10. The first-order chi connectivity index (χ1) is 10.3. The molecule has 122 valence electrons. The van der Waals surface area contributed by atoms with Crippen LogP contribution in [-0.2, 0) is 4.79 Å². The molecule has 1 atom stereocenters. The summed E-state index contributed by atoms with van der Waals surface area (Å²) in [5, 5.41) is 12.0. The molecule has 3 heteroatoms. The van der Waals surface area contributed by atoms with Gasteiger partial charge in [0.05, 0.1) is 5.41 Å². The van der Waals surface area contributed by atoms with Gasteiger partial charge in [-0.15, -0.1) is 6.58 Å². The van der Waals surface area contributed by atoms with Crippen LogP contribution in [0.2, 0.25) is 13.1 Å². The molecule has 0 radical (unpaired) electrons. The Morgan fingerprint density at radius 1 is 1.18 bits per heavy atom. The van der Waals surface area contributed by atoms with Crippen LogP contribution in [0.4, 0.5) is 0 Å². The minimum atomic E-state index is -2.02. The Morgan fingerprint density at radius 2 is 1.77 bits per heavy atom. The van der Waals surface area contributed by atoms with E-state index in [1.807, 2.05) is 25.1 Å². The molecule has 0 aliphatic heterocycles. The summed E-state index contributed by atoms with van der Waals surface area (Å²) in [5.74, 6) is -0.731. The Hall–Kier alpha value is -1.35. The Morgan fingerprint density at radius 3 is 2.27 bits per heavy atom. The molecule has 0 aliphatic rings. The average molecular weight is 319 g/mol. The van der Waals surface area contributed by atoms with Crippen molar-refractivity contribution in [2.75, 3.05) is 0 Å². The predicted molar refractivity (Wildman–Crippen MR) is 97.2 cm³/mol. The van der Waals surface area contributed by atoms with Crippen molar-refractivity contribution < 1.29 is 9.90 Å². The lowest BCUT2D eigenvalue weighted by Crippen LogP contribution is -2.50. The quantitative estimate of drug-likeness (QED) is 0.526. The molecule has 1 aromatic carbocycles. The van der Waals surface area contributed by atoms with E-state index < -0.39 is 19.5 Å². The molecule has 1 N–H and O–H groups in total. The van der Waals surface area contributed by atoms with Gasteiger partial charge in [-0.25, -0.2) is 0 Å². The van der Waals surface area contributed by atoms with Crippen LogP contribution in [0, 0.1) is 5.41 Å². The third-order valence-electron chi connectivity index (χ3n) is 4.92. The number of hydrogen-bond acceptors (Lipinski definition) is 1. The molecule has 22 heavy (non-hydrogen) atoms. The molecule has 0 amide bonds. The SMILES string of the molecule is C=C(C(C)(CCCCCC)C(=O)O)[Si](C)(C)c1ccccc1.